The van der Waals surface area contributed by atoms with E-state index in [1.165, 1.54) is 37.8 Å². The summed E-state index contributed by atoms with van der Waals surface area (Å²) in [7, 11) is -6.00. The molecular formula is C12H20BF4N. The lowest BCUT2D eigenvalue weighted by molar-refractivity contribution is -0.697. The standard InChI is InChI=1S/C12H20N.BF4/c1-3-4-5-6-9-13-10-7-8-12(2)11-13;2-1(3,4)5/h7-8,10-11H,3-6,9H2,1-2H3;/q+1;-1. The highest BCUT2D eigenvalue weighted by molar-refractivity contribution is 6.50. The van der Waals surface area contributed by atoms with Crippen LogP contribution in [0.15, 0.2) is 24.5 Å². The van der Waals surface area contributed by atoms with E-state index in [-0.39, 0.29) is 0 Å². The first kappa shape index (κ1) is 16.9. The minimum atomic E-state index is -6.00. The molecule has 0 fully saturated rings. The van der Waals surface area contributed by atoms with Gasteiger partial charge in [-0.15, -0.1) is 0 Å². The molecule has 1 heterocycles. The van der Waals surface area contributed by atoms with Crippen molar-refractivity contribution < 1.29 is 21.8 Å². The fraction of sp³-hybridized carbons (Fsp3) is 0.583. The average molecular weight is 265 g/mol. The second kappa shape index (κ2) is 8.94. The van der Waals surface area contributed by atoms with Gasteiger partial charge in [0, 0.05) is 18.1 Å². The number of halogens is 4. The van der Waals surface area contributed by atoms with Crippen molar-refractivity contribution in [1.82, 2.24) is 0 Å². The normalized spacial score (nSPS) is 10.8. The molecule has 0 saturated carbocycles. The summed E-state index contributed by atoms with van der Waals surface area (Å²) in [4.78, 5) is 0. The van der Waals surface area contributed by atoms with Crippen LogP contribution >= 0.6 is 0 Å². The third-order valence-corrected chi connectivity index (χ3v) is 2.28. The lowest BCUT2D eigenvalue weighted by atomic mass is 10.2. The maximum atomic E-state index is 9.75. The van der Waals surface area contributed by atoms with Crippen LogP contribution < -0.4 is 4.57 Å². The Labute approximate surface area is 106 Å². The molecule has 6 heteroatoms. The molecule has 0 bridgehead atoms. The predicted molar refractivity (Wildman–Crippen MR) is 65.7 cm³/mol. The smallest absolute Gasteiger partial charge is 0.418 e. The molecule has 1 aromatic rings. The zero-order valence-corrected chi connectivity index (χ0v) is 10.9. The topological polar surface area (TPSA) is 3.88 Å². The molecule has 0 N–H and O–H groups in total. The summed E-state index contributed by atoms with van der Waals surface area (Å²) in [6.45, 7) is 5.56. The highest BCUT2D eigenvalue weighted by atomic mass is 19.5. The van der Waals surface area contributed by atoms with Gasteiger partial charge in [0.1, 0.15) is 6.54 Å². The molecule has 0 saturated heterocycles. The minimum absolute atomic E-state index is 1.17. The van der Waals surface area contributed by atoms with Crippen molar-refractivity contribution in [2.45, 2.75) is 46.1 Å². The van der Waals surface area contributed by atoms with Gasteiger partial charge in [0.15, 0.2) is 12.4 Å². The average Bonchev–Trinajstić information content (AvgIpc) is 2.22. The molecule has 1 aromatic heterocycles. The minimum Gasteiger partial charge on any atom is -0.418 e. The molecule has 0 aliphatic rings. The van der Waals surface area contributed by atoms with Crippen molar-refractivity contribution in [2.24, 2.45) is 0 Å². The van der Waals surface area contributed by atoms with Gasteiger partial charge in [0.2, 0.25) is 0 Å². The number of pyridine rings is 1. The van der Waals surface area contributed by atoms with E-state index in [1.54, 1.807) is 0 Å². The molecule has 0 radical (unpaired) electrons. The maximum Gasteiger partial charge on any atom is 0.673 e. The Balaban J connectivity index is 0.000000494. The fourth-order valence-corrected chi connectivity index (χ4v) is 1.51. The lowest BCUT2D eigenvalue weighted by Crippen LogP contribution is -2.32. The number of aryl methyl sites for hydroxylation is 2. The van der Waals surface area contributed by atoms with Crippen LogP contribution in [0.25, 0.3) is 0 Å². The van der Waals surface area contributed by atoms with Gasteiger partial charge >= 0.3 is 7.25 Å². The van der Waals surface area contributed by atoms with Crippen LogP contribution in [0.1, 0.15) is 38.2 Å². The summed E-state index contributed by atoms with van der Waals surface area (Å²) < 4.78 is 41.3. The van der Waals surface area contributed by atoms with Gasteiger partial charge in [0.05, 0.1) is 0 Å². The van der Waals surface area contributed by atoms with Gasteiger partial charge in [-0.1, -0.05) is 19.8 Å². The molecule has 104 valence electrons. The number of unbranched alkanes of at least 4 members (excludes halogenated alkanes) is 3. The Kier molecular flexibility index (Phi) is 8.41. The molecule has 0 spiro atoms. The van der Waals surface area contributed by atoms with E-state index < -0.39 is 7.25 Å². The lowest BCUT2D eigenvalue weighted by Gasteiger charge is -1.97. The van der Waals surface area contributed by atoms with Crippen LogP contribution in [0.2, 0.25) is 0 Å². The van der Waals surface area contributed by atoms with E-state index in [2.05, 4.69) is 42.9 Å². The van der Waals surface area contributed by atoms with E-state index in [0.717, 1.165) is 0 Å². The van der Waals surface area contributed by atoms with Crippen molar-refractivity contribution in [2.75, 3.05) is 0 Å². The van der Waals surface area contributed by atoms with Crippen LogP contribution in [0.4, 0.5) is 17.3 Å². The Hall–Kier alpha value is -1.07. The zero-order valence-electron chi connectivity index (χ0n) is 10.9. The largest absolute Gasteiger partial charge is 0.673 e. The highest BCUT2D eigenvalue weighted by Crippen LogP contribution is 2.06. The molecular weight excluding hydrogens is 245 g/mol. The van der Waals surface area contributed by atoms with Gasteiger partial charge in [-0.25, -0.2) is 4.57 Å². The summed E-state index contributed by atoms with van der Waals surface area (Å²) in [5.41, 5.74) is 1.35. The van der Waals surface area contributed by atoms with Crippen molar-refractivity contribution in [3.8, 4) is 0 Å². The molecule has 0 amide bonds. The molecule has 1 rings (SSSR count). The Morgan fingerprint density at radius 2 is 1.72 bits per heavy atom. The SMILES string of the molecule is CCCCCC[n+]1cccc(C)c1.F[B-](F)(F)F. The third kappa shape index (κ3) is 13.0. The van der Waals surface area contributed by atoms with E-state index in [1.807, 2.05) is 0 Å². The Morgan fingerprint density at radius 3 is 2.22 bits per heavy atom. The summed E-state index contributed by atoms with van der Waals surface area (Å²) >= 11 is 0. The third-order valence-electron chi connectivity index (χ3n) is 2.28. The molecule has 18 heavy (non-hydrogen) atoms. The first-order valence-corrected chi connectivity index (χ1v) is 6.16. The second-order valence-corrected chi connectivity index (χ2v) is 4.17. The number of rotatable bonds is 5. The van der Waals surface area contributed by atoms with E-state index >= 15 is 0 Å². The Bertz CT molecular complexity index is 322. The van der Waals surface area contributed by atoms with E-state index in [9.17, 15) is 17.3 Å². The first-order valence-electron chi connectivity index (χ1n) is 6.16. The van der Waals surface area contributed by atoms with Crippen molar-refractivity contribution >= 4 is 7.25 Å². The van der Waals surface area contributed by atoms with Gasteiger partial charge in [-0.2, -0.15) is 0 Å². The highest BCUT2D eigenvalue weighted by Gasteiger charge is 2.20. The molecule has 0 aromatic carbocycles. The van der Waals surface area contributed by atoms with E-state index in [4.69, 9.17) is 0 Å². The van der Waals surface area contributed by atoms with Crippen LogP contribution in [-0.4, -0.2) is 7.25 Å². The van der Waals surface area contributed by atoms with Crippen LogP contribution in [0.3, 0.4) is 0 Å². The number of hydrogen-bond acceptors (Lipinski definition) is 0. The van der Waals surface area contributed by atoms with Crippen LogP contribution in [-0.2, 0) is 6.54 Å². The zero-order chi connectivity index (χ0) is 14.0. The van der Waals surface area contributed by atoms with Crippen molar-refractivity contribution in [3.05, 3.63) is 30.1 Å². The van der Waals surface area contributed by atoms with Crippen molar-refractivity contribution in [1.29, 1.82) is 0 Å². The monoisotopic (exact) mass is 265 g/mol. The van der Waals surface area contributed by atoms with Crippen molar-refractivity contribution in [3.63, 3.8) is 0 Å². The molecule has 0 aliphatic carbocycles. The van der Waals surface area contributed by atoms with Gasteiger partial charge < -0.3 is 17.3 Å². The summed E-state index contributed by atoms with van der Waals surface area (Å²) in [5.74, 6) is 0. The number of hydrogen-bond donors (Lipinski definition) is 0. The number of aromatic nitrogens is 1. The van der Waals surface area contributed by atoms with Crippen LogP contribution in [0, 0.1) is 6.92 Å². The molecule has 1 nitrogen and oxygen atoms in total. The van der Waals surface area contributed by atoms with Gasteiger partial charge in [-0.3, -0.25) is 0 Å². The summed E-state index contributed by atoms with van der Waals surface area (Å²) in [6.07, 6.45) is 9.72. The van der Waals surface area contributed by atoms with Gasteiger partial charge in [-0.05, 0) is 19.4 Å². The molecule has 0 aliphatic heterocycles. The maximum absolute atomic E-state index is 9.75. The molecule has 0 atom stereocenters. The summed E-state index contributed by atoms with van der Waals surface area (Å²) in [5, 5.41) is 0. The number of nitrogens with zero attached hydrogens (tertiary/aromatic N) is 1. The van der Waals surface area contributed by atoms with E-state index in [0.29, 0.717) is 0 Å². The Morgan fingerprint density at radius 1 is 1.11 bits per heavy atom. The first-order chi connectivity index (χ1) is 8.33. The summed E-state index contributed by atoms with van der Waals surface area (Å²) in [6, 6.07) is 4.26. The predicted octanol–water partition coefficient (Wildman–Crippen LogP) is 4.16. The quantitative estimate of drug-likeness (QED) is 0.325. The second-order valence-electron chi connectivity index (χ2n) is 4.17. The fourth-order valence-electron chi connectivity index (χ4n) is 1.51. The van der Waals surface area contributed by atoms with Gasteiger partial charge in [0.25, 0.3) is 0 Å². The van der Waals surface area contributed by atoms with Crippen LogP contribution in [0.5, 0.6) is 0 Å². The molecule has 0 unspecified atom stereocenters.